The van der Waals surface area contributed by atoms with Gasteiger partial charge in [-0.2, -0.15) is 10.2 Å². The molecule has 1 N–H and O–H groups in total. The number of hydrogen-bond donors (Lipinski definition) is 1. The Labute approximate surface area is 188 Å². The highest BCUT2D eigenvalue weighted by atomic mass is 32.2. The molecule has 1 aliphatic heterocycles. The van der Waals surface area contributed by atoms with E-state index in [0.29, 0.717) is 18.8 Å². The van der Waals surface area contributed by atoms with Crippen LogP contribution in [0.25, 0.3) is 0 Å². The predicted octanol–water partition coefficient (Wildman–Crippen LogP) is 4.76. The fraction of sp³-hybridized carbons (Fsp3) is 0.250. The van der Waals surface area contributed by atoms with E-state index in [1.54, 1.807) is 50.6 Å². The third kappa shape index (κ3) is 4.45. The molecule has 3 aromatic rings. The van der Waals surface area contributed by atoms with Crippen LogP contribution in [0.3, 0.4) is 0 Å². The van der Waals surface area contributed by atoms with Gasteiger partial charge in [0.1, 0.15) is 11.8 Å². The Bertz CT molecular complexity index is 1180. The fourth-order valence-corrected chi connectivity index (χ4v) is 4.96. The van der Waals surface area contributed by atoms with Crippen LogP contribution < -0.4 is 14.4 Å². The van der Waals surface area contributed by atoms with Crippen molar-refractivity contribution in [1.82, 2.24) is 0 Å². The molecule has 2 atom stereocenters. The number of benzene rings is 3. The maximum absolute atomic E-state index is 12.9. The van der Waals surface area contributed by atoms with E-state index < -0.39 is 10.0 Å². The molecule has 0 spiro atoms. The van der Waals surface area contributed by atoms with Gasteiger partial charge in [-0.1, -0.05) is 36.4 Å². The summed E-state index contributed by atoms with van der Waals surface area (Å²) in [5, 5.41) is 12.1. The molecule has 2 unspecified atom stereocenters. The molecule has 0 fully saturated rings. The van der Waals surface area contributed by atoms with Gasteiger partial charge >= 0.3 is 0 Å². The third-order valence-electron chi connectivity index (χ3n) is 5.63. The van der Waals surface area contributed by atoms with Gasteiger partial charge in [0.2, 0.25) is 0 Å². The van der Waals surface area contributed by atoms with Crippen LogP contribution >= 0.6 is 0 Å². The summed E-state index contributed by atoms with van der Waals surface area (Å²) < 4.78 is 32.6. The number of para-hydroxylation sites is 2. The molecule has 0 saturated carbocycles. The van der Waals surface area contributed by atoms with Gasteiger partial charge in [0, 0.05) is 30.8 Å². The average molecular weight is 451 g/mol. The van der Waals surface area contributed by atoms with E-state index in [2.05, 4.69) is 15.5 Å². The van der Waals surface area contributed by atoms with E-state index in [-0.39, 0.29) is 16.9 Å². The zero-order chi connectivity index (χ0) is 22.6. The molecule has 0 aromatic heterocycles. The van der Waals surface area contributed by atoms with Gasteiger partial charge in [0.15, 0.2) is 0 Å². The van der Waals surface area contributed by atoms with Crippen LogP contribution in [0.5, 0.6) is 5.75 Å². The molecule has 0 aliphatic carbocycles. The second-order valence-electron chi connectivity index (χ2n) is 7.60. The van der Waals surface area contributed by atoms with E-state index in [4.69, 9.17) is 4.74 Å². The summed E-state index contributed by atoms with van der Waals surface area (Å²) >= 11 is 0. The van der Waals surface area contributed by atoms with Crippen LogP contribution in [0.15, 0.2) is 94.0 Å². The van der Waals surface area contributed by atoms with Gasteiger partial charge < -0.3 is 10.1 Å². The summed E-state index contributed by atoms with van der Waals surface area (Å²) in [5.74, 6) is 0.986. The second-order valence-corrected chi connectivity index (χ2v) is 9.57. The number of hydrogen-bond acceptors (Lipinski definition) is 6. The first kappa shape index (κ1) is 21.8. The zero-order valence-corrected chi connectivity index (χ0v) is 18.9. The van der Waals surface area contributed by atoms with Crippen molar-refractivity contribution in [3.8, 4) is 5.75 Å². The first-order chi connectivity index (χ1) is 15.5. The van der Waals surface area contributed by atoms with Gasteiger partial charge in [-0.05, 0) is 42.5 Å². The number of ether oxygens (including phenoxy) is 1. The number of nitrogens with zero attached hydrogens (tertiary/aromatic N) is 3. The monoisotopic (exact) mass is 450 g/mol. The van der Waals surface area contributed by atoms with Crippen LogP contribution in [-0.4, -0.2) is 35.7 Å². The molecule has 0 bridgehead atoms. The summed E-state index contributed by atoms with van der Waals surface area (Å²) in [6, 6.07) is 23.6. The van der Waals surface area contributed by atoms with Gasteiger partial charge in [-0.3, -0.25) is 4.31 Å². The third-order valence-corrected chi connectivity index (χ3v) is 7.43. The zero-order valence-electron chi connectivity index (χ0n) is 18.0. The molecular formula is C24H26N4O3S. The molecule has 7 nitrogen and oxygen atoms in total. The Kier molecular flexibility index (Phi) is 6.41. The van der Waals surface area contributed by atoms with Crippen molar-refractivity contribution in [2.24, 2.45) is 16.1 Å². The lowest BCUT2D eigenvalue weighted by Gasteiger charge is -2.21. The molecule has 32 heavy (non-hydrogen) atoms. The van der Waals surface area contributed by atoms with E-state index in [1.165, 1.54) is 4.31 Å². The SMILES string of the molecule is COc1ccccc1C1N=NCC1CNc1ccc(S(=O)(=O)N(C)c2ccccc2)cc1. The highest BCUT2D eigenvalue weighted by Crippen LogP contribution is 2.37. The Balaban J connectivity index is 1.43. The number of sulfonamides is 1. The van der Waals surface area contributed by atoms with Crippen LogP contribution in [0.2, 0.25) is 0 Å². The molecule has 8 heteroatoms. The molecule has 1 aliphatic rings. The standard InChI is InChI=1S/C24H26N4O3S/c1-28(20-8-4-3-5-9-20)32(29,30)21-14-12-19(13-15-21)25-16-18-17-26-27-24(18)22-10-6-7-11-23(22)31-2/h3-15,18,24-25H,16-17H2,1-2H3. The number of anilines is 2. The Morgan fingerprint density at radius 1 is 1.00 bits per heavy atom. The molecule has 4 rings (SSSR count). The molecule has 166 valence electrons. The Morgan fingerprint density at radius 3 is 2.41 bits per heavy atom. The lowest BCUT2D eigenvalue weighted by Crippen LogP contribution is -2.26. The molecule has 0 radical (unpaired) electrons. The van der Waals surface area contributed by atoms with Crippen LogP contribution in [0.4, 0.5) is 11.4 Å². The van der Waals surface area contributed by atoms with Gasteiger partial charge in [-0.15, -0.1) is 0 Å². The second kappa shape index (κ2) is 9.40. The summed E-state index contributed by atoms with van der Waals surface area (Å²) in [6.07, 6.45) is 0. The number of rotatable bonds is 8. The minimum Gasteiger partial charge on any atom is -0.496 e. The summed E-state index contributed by atoms with van der Waals surface area (Å²) in [4.78, 5) is 0.243. The molecule has 0 saturated heterocycles. The predicted molar refractivity (Wildman–Crippen MR) is 126 cm³/mol. The van der Waals surface area contributed by atoms with Crippen molar-refractivity contribution in [3.63, 3.8) is 0 Å². The average Bonchev–Trinajstić information content (AvgIpc) is 3.31. The van der Waals surface area contributed by atoms with Crippen molar-refractivity contribution in [3.05, 3.63) is 84.4 Å². The quantitative estimate of drug-likeness (QED) is 0.537. The summed E-state index contributed by atoms with van der Waals surface area (Å²) in [5.41, 5.74) is 2.48. The fourth-order valence-electron chi connectivity index (χ4n) is 3.77. The maximum Gasteiger partial charge on any atom is 0.264 e. The largest absolute Gasteiger partial charge is 0.496 e. The van der Waals surface area contributed by atoms with Crippen LogP contribution in [0, 0.1) is 5.92 Å². The highest BCUT2D eigenvalue weighted by Gasteiger charge is 2.29. The van der Waals surface area contributed by atoms with Gasteiger partial charge in [0.25, 0.3) is 10.0 Å². The van der Waals surface area contributed by atoms with Crippen LogP contribution in [0.1, 0.15) is 11.6 Å². The molecular weight excluding hydrogens is 424 g/mol. The Hall–Kier alpha value is -3.39. The number of nitrogens with one attached hydrogen (secondary N) is 1. The normalized spacial score (nSPS) is 17.8. The first-order valence-electron chi connectivity index (χ1n) is 10.4. The Morgan fingerprint density at radius 2 is 1.69 bits per heavy atom. The van der Waals surface area contributed by atoms with Crippen molar-refractivity contribution in [1.29, 1.82) is 0 Å². The van der Waals surface area contributed by atoms with E-state index in [1.807, 2.05) is 42.5 Å². The minimum atomic E-state index is -3.63. The number of methoxy groups -OCH3 is 1. The van der Waals surface area contributed by atoms with Crippen LogP contribution in [-0.2, 0) is 10.0 Å². The van der Waals surface area contributed by atoms with E-state index in [0.717, 1.165) is 17.0 Å². The summed E-state index contributed by atoms with van der Waals surface area (Å²) in [6.45, 7) is 1.29. The summed E-state index contributed by atoms with van der Waals surface area (Å²) in [7, 11) is -0.417. The molecule has 3 aromatic carbocycles. The minimum absolute atomic E-state index is 0.0715. The first-order valence-corrected chi connectivity index (χ1v) is 11.8. The van der Waals surface area contributed by atoms with Gasteiger partial charge in [0.05, 0.1) is 24.2 Å². The van der Waals surface area contributed by atoms with E-state index in [9.17, 15) is 8.42 Å². The topological polar surface area (TPSA) is 83.4 Å². The lowest BCUT2D eigenvalue weighted by atomic mass is 9.94. The van der Waals surface area contributed by atoms with Crippen molar-refractivity contribution < 1.29 is 13.2 Å². The maximum atomic E-state index is 12.9. The van der Waals surface area contributed by atoms with Crippen molar-refractivity contribution in [2.45, 2.75) is 10.9 Å². The van der Waals surface area contributed by atoms with E-state index >= 15 is 0 Å². The molecule has 1 heterocycles. The number of azo groups is 1. The smallest absolute Gasteiger partial charge is 0.264 e. The van der Waals surface area contributed by atoms with Crippen molar-refractivity contribution >= 4 is 21.4 Å². The van der Waals surface area contributed by atoms with Gasteiger partial charge in [-0.25, -0.2) is 8.42 Å². The molecule has 0 amide bonds. The highest BCUT2D eigenvalue weighted by molar-refractivity contribution is 7.92. The lowest BCUT2D eigenvalue weighted by molar-refractivity contribution is 0.398. The van der Waals surface area contributed by atoms with Crippen molar-refractivity contribution in [2.75, 3.05) is 36.9 Å².